The van der Waals surface area contributed by atoms with Crippen LogP contribution in [-0.2, 0) is 16.0 Å². The third kappa shape index (κ3) is 4.22. The Balaban J connectivity index is 1.87. The average molecular weight is 404 g/mol. The molecule has 3 rings (SSSR count). The van der Waals surface area contributed by atoms with E-state index in [4.69, 9.17) is 16.3 Å². The quantitative estimate of drug-likeness (QED) is 0.686. The summed E-state index contributed by atoms with van der Waals surface area (Å²) in [7, 11) is 0. The van der Waals surface area contributed by atoms with E-state index in [9.17, 15) is 9.59 Å². The van der Waals surface area contributed by atoms with Crippen molar-refractivity contribution < 1.29 is 14.3 Å². The summed E-state index contributed by atoms with van der Waals surface area (Å²) in [4.78, 5) is 27.1. The van der Waals surface area contributed by atoms with Gasteiger partial charge >= 0.3 is 5.97 Å². The van der Waals surface area contributed by atoms with Gasteiger partial charge in [-0.2, -0.15) is 5.10 Å². The van der Waals surface area contributed by atoms with Crippen molar-refractivity contribution in [2.24, 2.45) is 5.92 Å². The number of hydrogen-bond acceptors (Lipinski definition) is 4. The number of halogens is 1. The number of hydrogen-bond donors (Lipinski definition) is 0. The Hall–Kier alpha value is -2.34. The summed E-state index contributed by atoms with van der Waals surface area (Å²) in [6.07, 6.45) is 4.74. The van der Waals surface area contributed by atoms with Gasteiger partial charge in [-0.15, -0.1) is 0 Å². The Morgan fingerprint density at radius 2 is 2.07 bits per heavy atom. The van der Waals surface area contributed by atoms with Crippen LogP contribution in [0.5, 0.6) is 0 Å². The lowest BCUT2D eigenvalue weighted by atomic mass is 9.97. The Bertz CT molecular complexity index is 849. The van der Waals surface area contributed by atoms with E-state index >= 15 is 0 Å². The molecule has 1 aromatic carbocycles. The van der Waals surface area contributed by atoms with E-state index in [0.29, 0.717) is 36.7 Å². The second kappa shape index (κ2) is 9.24. The number of para-hydroxylation sites is 1. The Morgan fingerprint density at radius 3 is 2.79 bits per heavy atom. The van der Waals surface area contributed by atoms with Gasteiger partial charge in [0.2, 0.25) is 0 Å². The molecule has 0 bridgehead atoms. The first kappa shape index (κ1) is 20.4. The van der Waals surface area contributed by atoms with E-state index in [1.54, 1.807) is 22.7 Å². The second-order valence-corrected chi connectivity index (χ2v) is 7.37. The number of likely N-dealkylation sites (tertiary alicyclic amines) is 1. The standard InChI is InChI=1S/C21H26ClN3O3/c1-3-8-18-16(13-23-25(18)19-11-6-5-10-17(19)22)20(26)24-12-7-9-15(14-24)21(27)28-4-2/h5-6,10-11,13,15H,3-4,7-9,12,14H2,1-2H3. The molecule has 7 heteroatoms. The van der Waals surface area contributed by atoms with Crippen molar-refractivity contribution in [2.45, 2.75) is 39.5 Å². The second-order valence-electron chi connectivity index (χ2n) is 6.96. The SMILES string of the molecule is CCCc1c(C(=O)N2CCCC(C(=O)OCC)C2)cnn1-c1ccccc1Cl. The highest BCUT2D eigenvalue weighted by atomic mass is 35.5. The smallest absolute Gasteiger partial charge is 0.310 e. The van der Waals surface area contributed by atoms with Crippen LogP contribution in [0.1, 0.15) is 49.2 Å². The number of ether oxygens (including phenoxy) is 1. The molecule has 0 spiro atoms. The van der Waals surface area contributed by atoms with Crippen molar-refractivity contribution in [3.8, 4) is 5.69 Å². The molecule has 1 fully saturated rings. The molecule has 0 N–H and O–H groups in total. The number of esters is 1. The maximum Gasteiger partial charge on any atom is 0.310 e. The van der Waals surface area contributed by atoms with E-state index < -0.39 is 0 Å². The fraction of sp³-hybridized carbons (Fsp3) is 0.476. The molecule has 150 valence electrons. The van der Waals surface area contributed by atoms with Gasteiger partial charge in [-0.05, 0) is 38.3 Å². The van der Waals surface area contributed by atoms with E-state index in [1.807, 2.05) is 24.3 Å². The largest absolute Gasteiger partial charge is 0.466 e. The minimum absolute atomic E-state index is 0.0873. The van der Waals surface area contributed by atoms with Crippen molar-refractivity contribution in [3.63, 3.8) is 0 Å². The van der Waals surface area contributed by atoms with Crippen LogP contribution in [0.25, 0.3) is 5.69 Å². The number of carbonyl (C=O) groups is 2. The van der Waals surface area contributed by atoms with Gasteiger partial charge in [0.1, 0.15) is 0 Å². The lowest BCUT2D eigenvalue weighted by Gasteiger charge is -2.31. The van der Waals surface area contributed by atoms with Crippen LogP contribution >= 0.6 is 11.6 Å². The van der Waals surface area contributed by atoms with Crippen molar-refractivity contribution >= 4 is 23.5 Å². The zero-order valence-corrected chi connectivity index (χ0v) is 17.1. The molecule has 2 aromatic rings. The number of benzene rings is 1. The highest BCUT2D eigenvalue weighted by Gasteiger charge is 2.31. The van der Waals surface area contributed by atoms with Gasteiger partial charge in [-0.25, -0.2) is 4.68 Å². The molecule has 0 saturated carbocycles. The Kier molecular flexibility index (Phi) is 6.73. The lowest BCUT2D eigenvalue weighted by molar-refractivity contribution is -0.149. The first-order chi connectivity index (χ1) is 13.6. The van der Waals surface area contributed by atoms with E-state index in [0.717, 1.165) is 30.6 Å². The molecular weight excluding hydrogens is 378 g/mol. The summed E-state index contributed by atoms with van der Waals surface area (Å²) in [5.41, 5.74) is 2.18. The van der Waals surface area contributed by atoms with Crippen LogP contribution in [0.3, 0.4) is 0 Å². The molecule has 1 amide bonds. The summed E-state index contributed by atoms with van der Waals surface area (Å²) in [5.74, 6) is -0.567. The normalized spacial score (nSPS) is 16.8. The predicted molar refractivity (Wildman–Crippen MR) is 108 cm³/mol. The van der Waals surface area contributed by atoms with E-state index in [2.05, 4.69) is 12.0 Å². The van der Waals surface area contributed by atoms with Crippen molar-refractivity contribution in [3.05, 3.63) is 46.7 Å². The van der Waals surface area contributed by atoms with Gasteiger partial charge in [0.15, 0.2) is 0 Å². The van der Waals surface area contributed by atoms with Crippen LogP contribution in [0, 0.1) is 5.92 Å². The zero-order valence-electron chi connectivity index (χ0n) is 16.4. The molecule has 1 atom stereocenters. The molecule has 1 aliphatic rings. The molecular formula is C21H26ClN3O3. The van der Waals surface area contributed by atoms with Crippen LogP contribution < -0.4 is 0 Å². The molecule has 0 aliphatic carbocycles. The van der Waals surface area contributed by atoms with Crippen LogP contribution in [0.2, 0.25) is 5.02 Å². The minimum atomic E-state index is -0.258. The Morgan fingerprint density at radius 1 is 1.29 bits per heavy atom. The topological polar surface area (TPSA) is 64.4 Å². The van der Waals surface area contributed by atoms with Gasteiger partial charge in [-0.3, -0.25) is 9.59 Å². The van der Waals surface area contributed by atoms with Crippen LogP contribution in [-0.4, -0.2) is 46.3 Å². The number of piperidine rings is 1. The summed E-state index contributed by atoms with van der Waals surface area (Å²) in [5, 5.41) is 5.04. The maximum absolute atomic E-state index is 13.2. The van der Waals surface area contributed by atoms with Crippen LogP contribution in [0.15, 0.2) is 30.5 Å². The van der Waals surface area contributed by atoms with Crippen LogP contribution in [0.4, 0.5) is 0 Å². The maximum atomic E-state index is 13.2. The van der Waals surface area contributed by atoms with Gasteiger partial charge in [0, 0.05) is 13.1 Å². The molecule has 2 heterocycles. The fourth-order valence-electron chi connectivity index (χ4n) is 3.65. The van der Waals surface area contributed by atoms with Gasteiger partial charge in [0.25, 0.3) is 5.91 Å². The third-order valence-electron chi connectivity index (χ3n) is 5.00. The van der Waals surface area contributed by atoms with Crippen molar-refractivity contribution in [1.29, 1.82) is 0 Å². The van der Waals surface area contributed by atoms with Gasteiger partial charge in [0.05, 0.1) is 40.7 Å². The summed E-state index contributed by atoms with van der Waals surface area (Å²) in [6, 6.07) is 7.46. The highest BCUT2D eigenvalue weighted by Crippen LogP contribution is 2.26. The van der Waals surface area contributed by atoms with E-state index in [1.165, 1.54) is 0 Å². The monoisotopic (exact) mass is 403 g/mol. The number of amides is 1. The number of aromatic nitrogens is 2. The van der Waals surface area contributed by atoms with Crippen molar-refractivity contribution in [2.75, 3.05) is 19.7 Å². The Labute approximate surface area is 170 Å². The van der Waals surface area contributed by atoms with Gasteiger partial charge in [-0.1, -0.05) is 37.1 Å². The number of rotatable bonds is 6. The summed E-state index contributed by atoms with van der Waals surface area (Å²) < 4.78 is 6.90. The number of nitrogens with zero attached hydrogens (tertiary/aromatic N) is 3. The fourth-order valence-corrected chi connectivity index (χ4v) is 3.86. The first-order valence-electron chi connectivity index (χ1n) is 9.84. The zero-order chi connectivity index (χ0) is 20.1. The minimum Gasteiger partial charge on any atom is -0.466 e. The molecule has 1 aromatic heterocycles. The lowest BCUT2D eigenvalue weighted by Crippen LogP contribution is -2.43. The first-order valence-corrected chi connectivity index (χ1v) is 10.2. The molecule has 6 nitrogen and oxygen atoms in total. The highest BCUT2D eigenvalue weighted by molar-refractivity contribution is 6.32. The summed E-state index contributed by atoms with van der Waals surface area (Å²) in [6.45, 7) is 5.24. The average Bonchev–Trinajstić information content (AvgIpc) is 3.12. The molecule has 1 unspecified atom stereocenters. The number of carbonyl (C=O) groups excluding carboxylic acids is 2. The predicted octanol–water partition coefficient (Wildman–Crippen LogP) is 3.89. The van der Waals surface area contributed by atoms with Gasteiger partial charge < -0.3 is 9.64 Å². The molecule has 1 aliphatic heterocycles. The molecule has 1 saturated heterocycles. The van der Waals surface area contributed by atoms with Crippen molar-refractivity contribution in [1.82, 2.24) is 14.7 Å². The molecule has 0 radical (unpaired) electrons. The van der Waals surface area contributed by atoms with E-state index in [-0.39, 0.29) is 17.8 Å². The molecule has 28 heavy (non-hydrogen) atoms. The summed E-state index contributed by atoms with van der Waals surface area (Å²) >= 11 is 6.34. The third-order valence-corrected chi connectivity index (χ3v) is 5.31.